The van der Waals surface area contributed by atoms with Gasteiger partial charge in [0.15, 0.2) is 4.96 Å². The Morgan fingerprint density at radius 1 is 1.26 bits per heavy atom. The molecule has 0 amide bonds. The maximum absolute atomic E-state index is 6.01. The Morgan fingerprint density at radius 3 is 2.68 bits per heavy atom. The third-order valence-corrected chi connectivity index (χ3v) is 4.08. The van der Waals surface area contributed by atoms with Crippen molar-refractivity contribution in [3.63, 3.8) is 0 Å². The van der Waals surface area contributed by atoms with Gasteiger partial charge < -0.3 is 10.6 Å². The summed E-state index contributed by atoms with van der Waals surface area (Å²) in [6.45, 7) is 2.12. The van der Waals surface area contributed by atoms with Crippen LogP contribution in [-0.2, 0) is 0 Å². The molecule has 0 aliphatic carbocycles. The van der Waals surface area contributed by atoms with E-state index in [0.717, 1.165) is 21.9 Å². The van der Waals surface area contributed by atoms with Gasteiger partial charge in [0, 0.05) is 36.4 Å². The molecule has 3 rings (SSSR count). The predicted molar refractivity (Wildman–Crippen MR) is 82.0 cm³/mol. The first-order chi connectivity index (χ1) is 9.08. The van der Waals surface area contributed by atoms with Crippen molar-refractivity contribution in [2.75, 3.05) is 24.7 Å². The Labute approximate surface area is 116 Å². The third kappa shape index (κ3) is 1.86. The van der Waals surface area contributed by atoms with Gasteiger partial charge in [-0.25, -0.2) is 4.98 Å². The molecule has 5 heteroatoms. The molecule has 0 saturated carbocycles. The molecule has 0 radical (unpaired) electrons. The summed E-state index contributed by atoms with van der Waals surface area (Å²) < 4.78 is 2.13. The van der Waals surface area contributed by atoms with E-state index < -0.39 is 0 Å². The SMILES string of the molecule is Cc1sc2nc(-c3ccccc3N)cn2c1N(C)C. The van der Waals surface area contributed by atoms with E-state index in [1.54, 1.807) is 11.3 Å². The van der Waals surface area contributed by atoms with Gasteiger partial charge in [0.25, 0.3) is 0 Å². The molecular formula is C14H16N4S. The summed E-state index contributed by atoms with van der Waals surface area (Å²) in [5, 5.41) is 0. The fourth-order valence-electron chi connectivity index (χ4n) is 2.33. The van der Waals surface area contributed by atoms with Crippen molar-refractivity contribution in [1.82, 2.24) is 9.38 Å². The van der Waals surface area contributed by atoms with Gasteiger partial charge in [-0.2, -0.15) is 0 Å². The summed E-state index contributed by atoms with van der Waals surface area (Å²) in [5.74, 6) is 1.17. The summed E-state index contributed by atoms with van der Waals surface area (Å²) in [5.41, 5.74) is 8.69. The zero-order valence-electron chi connectivity index (χ0n) is 11.2. The summed E-state index contributed by atoms with van der Waals surface area (Å²) in [6, 6.07) is 7.83. The van der Waals surface area contributed by atoms with Crippen LogP contribution in [0.4, 0.5) is 11.5 Å². The van der Waals surface area contributed by atoms with Crippen LogP contribution >= 0.6 is 11.3 Å². The van der Waals surface area contributed by atoms with Crippen LogP contribution in [0.5, 0.6) is 0 Å². The van der Waals surface area contributed by atoms with Crippen molar-refractivity contribution in [3.8, 4) is 11.3 Å². The Hall–Kier alpha value is -2.01. The van der Waals surface area contributed by atoms with Crippen LogP contribution in [0.1, 0.15) is 4.88 Å². The summed E-state index contributed by atoms with van der Waals surface area (Å²) in [6.07, 6.45) is 2.06. The molecule has 0 atom stereocenters. The minimum absolute atomic E-state index is 0.761. The molecule has 0 saturated heterocycles. The van der Waals surface area contributed by atoms with Crippen LogP contribution in [0.15, 0.2) is 30.5 Å². The number of nitrogen functional groups attached to an aromatic ring is 1. The number of aryl methyl sites for hydroxylation is 1. The minimum Gasteiger partial charge on any atom is -0.398 e. The van der Waals surface area contributed by atoms with Crippen LogP contribution in [0, 0.1) is 6.92 Å². The number of hydrogen-bond donors (Lipinski definition) is 1. The highest BCUT2D eigenvalue weighted by molar-refractivity contribution is 7.17. The van der Waals surface area contributed by atoms with E-state index in [1.165, 1.54) is 10.7 Å². The van der Waals surface area contributed by atoms with E-state index in [4.69, 9.17) is 5.73 Å². The zero-order valence-corrected chi connectivity index (χ0v) is 12.0. The second-order valence-corrected chi connectivity index (χ2v) is 5.92. The van der Waals surface area contributed by atoms with Crippen LogP contribution in [0.2, 0.25) is 0 Å². The molecule has 0 unspecified atom stereocenters. The van der Waals surface area contributed by atoms with Crippen molar-refractivity contribution >= 4 is 27.8 Å². The first-order valence-electron chi connectivity index (χ1n) is 6.08. The first kappa shape index (κ1) is 12.0. The number of fused-ring (bicyclic) bond motifs is 1. The van der Waals surface area contributed by atoms with E-state index in [2.05, 4.69) is 27.4 Å². The molecule has 1 aromatic carbocycles. The molecule has 0 bridgehead atoms. The Bertz CT molecular complexity index is 739. The second-order valence-electron chi connectivity index (χ2n) is 4.74. The first-order valence-corrected chi connectivity index (χ1v) is 6.90. The zero-order chi connectivity index (χ0) is 13.6. The lowest BCUT2D eigenvalue weighted by Gasteiger charge is -2.11. The van der Waals surface area contributed by atoms with Gasteiger partial charge in [-0.3, -0.25) is 4.40 Å². The molecule has 19 heavy (non-hydrogen) atoms. The van der Waals surface area contributed by atoms with E-state index >= 15 is 0 Å². The van der Waals surface area contributed by atoms with Crippen molar-refractivity contribution in [2.24, 2.45) is 0 Å². The normalized spacial score (nSPS) is 11.1. The van der Waals surface area contributed by atoms with E-state index in [1.807, 2.05) is 38.4 Å². The lowest BCUT2D eigenvalue weighted by Crippen LogP contribution is -2.11. The fourth-order valence-corrected chi connectivity index (χ4v) is 3.36. The molecule has 2 heterocycles. The van der Waals surface area contributed by atoms with Gasteiger partial charge in [0.05, 0.1) is 5.69 Å². The number of imidazole rings is 1. The lowest BCUT2D eigenvalue weighted by atomic mass is 10.1. The fraction of sp³-hybridized carbons (Fsp3) is 0.214. The number of rotatable bonds is 2. The molecule has 0 spiro atoms. The highest BCUT2D eigenvalue weighted by Gasteiger charge is 2.15. The molecule has 0 aliphatic heterocycles. The number of aromatic nitrogens is 2. The van der Waals surface area contributed by atoms with Crippen LogP contribution in [0.25, 0.3) is 16.2 Å². The van der Waals surface area contributed by atoms with Gasteiger partial charge in [-0.1, -0.05) is 29.5 Å². The molecule has 98 valence electrons. The van der Waals surface area contributed by atoms with Crippen molar-refractivity contribution in [3.05, 3.63) is 35.3 Å². The van der Waals surface area contributed by atoms with Gasteiger partial charge in [-0.15, -0.1) is 0 Å². The van der Waals surface area contributed by atoms with E-state index in [9.17, 15) is 0 Å². The van der Waals surface area contributed by atoms with Gasteiger partial charge in [-0.05, 0) is 13.0 Å². The van der Waals surface area contributed by atoms with Crippen molar-refractivity contribution < 1.29 is 0 Å². The molecule has 2 N–H and O–H groups in total. The standard InChI is InChI=1S/C14H16N4S/c1-9-13(17(2)3)18-8-12(16-14(18)19-9)10-6-4-5-7-11(10)15/h4-8H,15H2,1-3H3. The summed E-state index contributed by atoms with van der Waals surface area (Å²) in [7, 11) is 4.09. The highest BCUT2D eigenvalue weighted by atomic mass is 32.1. The van der Waals surface area contributed by atoms with Crippen LogP contribution in [-0.4, -0.2) is 23.5 Å². The monoisotopic (exact) mass is 272 g/mol. The molecule has 2 aromatic heterocycles. The number of anilines is 2. The molecule has 4 nitrogen and oxygen atoms in total. The summed E-state index contributed by atoms with van der Waals surface area (Å²) >= 11 is 1.70. The number of nitrogens with two attached hydrogens (primary N) is 1. The minimum atomic E-state index is 0.761. The second kappa shape index (κ2) is 4.28. The molecule has 0 aliphatic rings. The Balaban J connectivity index is 2.21. The number of nitrogens with zero attached hydrogens (tertiary/aromatic N) is 3. The molecule has 3 aromatic rings. The largest absolute Gasteiger partial charge is 0.398 e. The van der Waals surface area contributed by atoms with Crippen molar-refractivity contribution in [2.45, 2.75) is 6.92 Å². The average Bonchev–Trinajstić information content (AvgIpc) is 2.85. The van der Waals surface area contributed by atoms with Crippen LogP contribution < -0.4 is 10.6 Å². The molecule has 0 fully saturated rings. The van der Waals surface area contributed by atoms with Gasteiger partial charge >= 0.3 is 0 Å². The smallest absolute Gasteiger partial charge is 0.196 e. The maximum atomic E-state index is 6.01. The quantitative estimate of drug-likeness (QED) is 0.729. The van der Waals surface area contributed by atoms with Crippen LogP contribution in [0.3, 0.4) is 0 Å². The van der Waals surface area contributed by atoms with Crippen molar-refractivity contribution in [1.29, 1.82) is 0 Å². The Morgan fingerprint density at radius 2 is 2.00 bits per heavy atom. The van der Waals surface area contributed by atoms with Gasteiger partial charge in [0.1, 0.15) is 5.82 Å². The van der Waals surface area contributed by atoms with E-state index in [0.29, 0.717) is 0 Å². The number of thiazole rings is 1. The lowest BCUT2D eigenvalue weighted by molar-refractivity contribution is 1.03. The average molecular weight is 272 g/mol. The molecular weight excluding hydrogens is 256 g/mol. The third-order valence-electron chi connectivity index (χ3n) is 3.12. The highest BCUT2D eigenvalue weighted by Crippen LogP contribution is 2.32. The predicted octanol–water partition coefficient (Wildman–Crippen LogP) is 3.02. The number of benzene rings is 1. The number of para-hydroxylation sites is 1. The Kier molecular flexibility index (Phi) is 2.71. The number of hydrogen-bond acceptors (Lipinski definition) is 4. The maximum Gasteiger partial charge on any atom is 0.196 e. The van der Waals surface area contributed by atoms with Gasteiger partial charge in [0.2, 0.25) is 0 Å². The summed E-state index contributed by atoms with van der Waals surface area (Å²) in [4.78, 5) is 9.06. The van der Waals surface area contributed by atoms with E-state index in [-0.39, 0.29) is 0 Å². The topological polar surface area (TPSA) is 46.6 Å².